The first-order valence-corrected chi connectivity index (χ1v) is 8.69. The van der Waals surface area contributed by atoms with E-state index < -0.39 is 55.1 Å². The lowest BCUT2D eigenvalue weighted by molar-refractivity contribution is -0.140. The smallest absolute Gasteiger partial charge is 0.322 e. The van der Waals surface area contributed by atoms with Crippen LogP contribution in [0, 0.1) is 0 Å². The van der Waals surface area contributed by atoms with Crippen LogP contribution >= 0.6 is 0 Å². The van der Waals surface area contributed by atoms with Gasteiger partial charge in [0, 0.05) is 0 Å². The summed E-state index contributed by atoms with van der Waals surface area (Å²) in [6, 6.07) is -2.52. The lowest BCUT2D eigenvalue weighted by atomic mass is 10.2. The third-order valence-corrected chi connectivity index (χ3v) is 2.74. The Morgan fingerprint density at radius 3 is 1.16 bits per heavy atom. The van der Waals surface area contributed by atoms with Gasteiger partial charge in [0.1, 0.15) is 18.1 Å². The molecule has 0 aromatic rings. The Balaban J connectivity index is -0.000000155. The SMILES string of the molecule is NCC(=O)O.NCC(=O)O.N[C@@H](CO)C(=O)O.N[C@@H](CO)C(=O)O.O=C(O)[C@@H]1CCCN1. The summed E-state index contributed by atoms with van der Waals surface area (Å²) in [4.78, 5) is 47.9. The summed E-state index contributed by atoms with van der Waals surface area (Å²) in [5.74, 6) is -5.01. The van der Waals surface area contributed by atoms with Crippen molar-refractivity contribution < 1.29 is 59.7 Å². The highest BCUT2D eigenvalue weighted by atomic mass is 16.4. The molecular formula is C15H33N5O12. The zero-order valence-electron chi connectivity index (χ0n) is 17.2. The van der Waals surface area contributed by atoms with Crippen molar-refractivity contribution in [3.8, 4) is 0 Å². The molecule has 0 aromatic carbocycles. The minimum Gasteiger partial charge on any atom is -0.480 e. The molecule has 0 spiro atoms. The Morgan fingerprint density at radius 2 is 1.09 bits per heavy atom. The Labute approximate surface area is 182 Å². The van der Waals surface area contributed by atoms with Gasteiger partial charge in [0.25, 0.3) is 0 Å². The van der Waals surface area contributed by atoms with E-state index in [2.05, 4.69) is 16.8 Å². The largest absolute Gasteiger partial charge is 0.480 e. The van der Waals surface area contributed by atoms with E-state index in [-0.39, 0.29) is 19.1 Å². The maximum Gasteiger partial charge on any atom is 0.322 e. The summed E-state index contributed by atoms with van der Waals surface area (Å²) in [7, 11) is 0. The van der Waals surface area contributed by atoms with Crippen molar-refractivity contribution in [2.75, 3.05) is 32.8 Å². The fourth-order valence-corrected chi connectivity index (χ4v) is 1.05. The molecule has 0 bridgehead atoms. The Bertz CT molecular complexity index is 509. The van der Waals surface area contributed by atoms with Crippen molar-refractivity contribution in [2.45, 2.75) is 31.0 Å². The molecule has 1 heterocycles. The molecule has 17 heteroatoms. The molecule has 0 amide bonds. The van der Waals surface area contributed by atoms with E-state index in [1.165, 1.54) is 0 Å². The van der Waals surface area contributed by atoms with Crippen LogP contribution in [-0.2, 0) is 24.0 Å². The summed E-state index contributed by atoms with van der Waals surface area (Å²) in [5, 5.41) is 58.2. The number of carboxylic acids is 5. The third kappa shape index (κ3) is 31.8. The van der Waals surface area contributed by atoms with E-state index in [0.717, 1.165) is 19.4 Å². The minimum absolute atomic E-state index is 0.269. The number of rotatable bonds is 7. The summed E-state index contributed by atoms with van der Waals surface area (Å²) in [6.45, 7) is -0.707. The molecule has 0 aromatic heterocycles. The molecule has 1 rings (SSSR count). The van der Waals surface area contributed by atoms with Crippen LogP contribution in [0.5, 0.6) is 0 Å². The Morgan fingerprint density at radius 1 is 0.781 bits per heavy atom. The quantitative estimate of drug-likeness (QED) is 0.163. The minimum atomic E-state index is -1.18. The highest BCUT2D eigenvalue weighted by Crippen LogP contribution is 2.03. The van der Waals surface area contributed by atoms with Gasteiger partial charge in [-0.2, -0.15) is 0 Å². The number of nitrogens with two attached hydrogens (primary N) is 4. The molecule has 32 heavy (non-hydrogen) atoms. The van der Waals surface area contributed by atoms with E-state index in [9.17, 15) is 24.0 Å². The molecule has 0 saturated carbocycles. The maximum atomic E-state index is 10.1. The standard InChI is InChI=1S/C5H9NO2.2C3H7NO3.2C2H5NO2/c7-5(8)4-2-1-3-6-4;2*4-2(1-5)3(6)7;2*3-1-2(4)5/h4,6H,1-3H2,(H,7,8);2*2,5H,1,4H2,(H,6,7);2*1,3H2,(H,4,5)/t4-;2*2-;;/m000../s1. The van der Waals surface area contributed by atoms with E-state index in [0.29, 0.717) is 0 Å². The molecule has 3 atom stereocenters. The number of aliphatic hydroxyl groups is 2. The molecule has 1 aliphatic heterocycles. The second-order valence-electron chi connectivity index (χ2n) is 5.44. The van der Waals surface area contributed by atoms with Crippen molar-refractivity contribution in [3.63, 3.8) is 0 Å². The fraction of sp³-hybridized carbons (Fsp3) is 0.667. The van der Waals surface area contributed by atoms with Crippen LogP contribution in [0.4, 0.5) is 0 Å². The molecule has 1 fully saturated rings. The topological polar surface area (TPSA) is 343 Å². The van der Waals surface area contributed by atoms with Gasteiger partial charge in [-0.15, -0.1) is 0 Å². The van der Waals surface area contributed by atoms with Crippen LogP contribution in [0.2, 0.25) is 0 Å². The summed E-state index contributed by atoms with van der Waals surface area (Å²) in [6.07, 6.45) is 1.78. The number of carbonyl (C=O) groups is 5. The van der Waals surface area contributed by atoms with Crippen molar-refractivity contribution in [2.24, 2.45) is 22.9 Å². The van der Waals surface area contributed by atoms with Gasteiger partial charge in [-0.1, -0.05) is 0 Å². The van der Waals surface area contributed by atoms with Crippen molar-refractivity contribution in [3.05, 3.63) is 0 Å². The fourth-order valence-electron chi connectivity index (χ4n) is 1.05. The number of aliphatic hydroxyl groups excluding tert-OH is 2. The Hall–Kier alpha value is -2.93. The highest BCUT2D eigenvalue weighted by molar-refractivity contribution is 5.74. The van der Waals surface area contributed by atoms with E-state index in [1.807, 2.05) is 0 Å². The summed E-state index contributed by atoms with van der Waals surface area (Å²) >= 11 is 0. The first kappa shape index (κ1) is 36.4. The second kappa shape index (κ2) is 24.3. The molecule has 17 nitrogen and oxygen atoms in total. The van der Waals surface area contributed by atoms with Gasteiger partial charge < -0.3 is 64.0 Å². The molecule has 0 unspecified atom stereocenters. The molecular weight excluding hydrogens is 442 g/mol. The van der Waals surface area contributed by atoms with Crippen molar-refractivity contribution in [1.29, 1.82) is 0 Å². The number of hydrogen-bond acceptors (Lipinski definition) is 12. The summed E-state index contributed by atoms with van der Waals surface area (Å²) < 4.78 is 0. The van der Waals surface area contributed by atoms with Crippen LogP contribution in [0.25, 0.3) is 0 Å². The van der Waals surface area contributed by atoms with Gasteiger partial charge in [0.2, 0.25) is 0 Å². The van der Waals surface area contributed by atoms with Gasteiger partial charge in [-0.05, 0) is 19.4 Å². The second-order valence-corrected chi connectivity index (χ2v) is 5.44. The monoisotopic (exact) mass is 475 g/mol. The normalized spacial score (nSPS) is 15.2. The van der Waals surface area contributed by atoms with Gasteiger partial charge >= 0.3 is 29.8 Å². The number of carboxylic acid groups (broad SMARTS) is 5. The average Bonchev–Trinajstić information content (AvgIpc) is 3.29. The number of aliphatic carboxylic acids is 5. The third-order valence-electron chi connectivity index (χ3n) is 2.74. The van der Waals surface area contributed by atoms with Crippen molar-refractivity contribution in [1.82, 2.24) is 5.32 Å². The zero-order chi connectivity index (χ0) is 26.3. The molecule has 1 aliphatic rings. The molecule has 1 saturated heterocycles. The molecule has 0 radical (unpaired) electrons. The van der Waals surface area contributed by atoms with Gasteiger partial charge in [-0.3, -0.25) is 24.0 Å². The molecule has 0 aliphatic carbocycles. The molecule has 190 valence electrons. The van der Waals surface area contributed by atoms with Gasteiger partial charge in [-0.25, -0.2) is 0 Å². The van der Waals surface area contributed by atoms with Crippen LogP contribution < -0.4 is 28.3 Å². The van der Waals surface area contributed by atoms with E-state index >= 15 is 0 Å². The van der Waals surface area contributed by atoms with Crippen molar-refractivity contribution >= 4 is 29.8 Å². The van der Waals surface area contributed by atoms with Crippen LogP contribution in [0.3, 0.4) is 0 Å². The van der Waals surface area contributed by atoms with E-state index in [4.69, 9.17) is 47.2 Å². The summed E-state index contributed by atoms with van der Waals surface area (Å²) in [5.41, 5.74) is 18.7. The zero-order valence-corrected chi connectivity index (χ0v) is 17.2. The predicted molar refractivity (Wildman–Crippen MR) is 107 cm³/mol. The number of nitrogens with one attached hydrogen (secondary N) is 1. The average molecular weight is 475 g/mol. The van der Waals surface area contributed by atoms with E-state index in [1.54, 1.807) is 0 Å². The Kier molecular flexibility index (Phi) is 27.7. The first-order chi connectivity index (χ1) is 14.7. The molecule has 16 N–H and O–H groups in total. The number of hydrogen-bond donors (Lipinski definition) is 12. The first-order valence-electron chi connectivity index (χ1n) is 8.69. The van der Waals surface area contributed by atoms with Crippen LogP contribution in [0.15, 0.2) is 0 Å². The highest BCUT2D eigenvalue weighted by Gasteiger charge is 2.20. The lowest BCUT2D eigenvalue weighted by Crippen LogP contribution is -2.33. The maximum absolute atomic E-state index is 10.1. The van der Waals surface area contributed by atoms with Gasteiger partial charge in [0.15, 0.2) is 0 Å². The van der Waals surface area contributed by atoms with Gasteiger partial charge in [0.05, 0.1) is 26.3 Å². The lowest BCUT2D eigenvalue weighted by Gasteiger charge is -1.99. The predicted octanol–water partition coefficient (Wildman–Crippen LogP) is -5.34. The van der Waals surface area contributed by atoms with Crippen LogP contribution in [-0.4, -0.2) is 117 Å². The van der Waals surface area contributed by atoms with Crippen LogP contribution in [0.1, 0.15) is 12.8 Å².